The number of quaternary nitrogens is 1. The molecule has 14 heteroatoms. The summed E-state index contributed by atoms with van der Waals surface area (Å²) in [4.78, 5) is 0. The van der Waals surface area contributed by atoms with Gasteiger partial charge < -0.3 is 65.6 Å². The third-order valence-electron chi connectivity index (χ3n) is 9.49. The molecule has 0 aromatic carbocycles. The van der Waals surface area contributed by atoms with Gasteiger partial charge in [0.25, 0.3) is 0 Å². The van der Waals surface area contributed by atoms with Gasteiger partial charge in [-0.05, 0) is 12.8 Å². The highest BCUT2D eigenvalue weighted by molar-refractivity contribution is 6.60. The Bertz CT molecular complexity index is 718. The number of hydrogen-bond donors (Lipinski definition) is 9. The molecule has 0 fully saturated rings. The lowest BCUT2D eigenvalue weighted by Crippen LogP contribution is -2.61. The van der Waals surface area contributed by atoms with Gasteiger partial charge in [0.05, 0.1) is 103 Å². The van der Waals surface area contributed by atoms with E-state index in [4.69, 9.17) is 30.5 Å². The van der Waals surface area contributed by atoms with Gasteiger partial charge in [-0.25, -0.2) is 0 Å². The molecule has 49 heavy (non-hydrogen) atoms. The lowest BCUT2D eigenvalue weighted by atomic mass is 10.0. The molecule has 0 heterocycles. The molecule has 13 nitrogen and oxygen atoms in total. The summed E-state index contributed by atoms with van der Waals surface area (Å²) in [7, 11) is 0.526. The molecular weight excluding hydrogens is 648 g/mol. The van der Waals surface area contributed by atoms with Gasteiger partial charge in [0.2, 0.25) is 0 Å². The van der Waals surface area contributed by atoms with Crippen molar-refractivity contribution in [3.05, 3.63) is 0 Å². The Morgan fingerprint density at radius 2 is 0.714 bits per heavy atom. The fraction of sp³-hybridized carbons (Fsp3) is 1.00. The first-order chi connectivity index (χ1) is 23.3. The summed E-state index contributed by atoms with van der Waals surface area (Å²) in [5, 5.41) is 58.6. The minimum Gasteiger partial charge on any atom is -0.394 e. The summed E-state index contributed by atoms with van der Waals surface area (Å²) in [6.07, 6.45) is 21.9. The summed E-state index contributed by atoms with van der Waals surface area (Å²) in [5.74, 6) is 0. The summed E-state index contributed by atoms with van der Waals surface area (Å²) in [6, 6.07) is 0.264. The first-order valence-electron chi connectivity index (χ1n) is 19.0. The van der Waals surface area contributed by atoms with Gasteiger partial charge in [-0.2, -0.15) is 0 Å². The quantitative estimate of drug-likeness (QED) is 0.0256. The van der Waals surface area contributed by atoms with Crippen molar-refractivity contribution in [1.29, 1.82) is 0 Å². The van der Waals surface area contributed by atoms with E-state index in [2.05, 4.69) is 21.0 Å². The number of aliphatic hydroxyl groups is 6. The van der Waals surface area contributed by atoms with Crippen LogP contribution in [-0.2, 0) is 13.3 Å². The zero-order chi connectivity index (χ0) is 37.1. The van der Waals surface area contributed by atoms with Crippen LogP contribution in [0.3, 0.4) is 0 Å². The monoisotopic (exact) mass is 728 g/mol. The average molecular weight is 728 g/mol. The Hall–Kier alpha value is -0.303. The van der Waals surface area contributed by atoms with Crippen LogP contribution in [0.15, 0.2) is 0 Å². The molecular formula is C35H79N4O9Si+. The highest BCUT2D eigenvalue weighted by Crippen LogP contribution is 2.24. The summed E-state index contributed by atoms with van der Waals surface area (Å²) in [5.41, 5.74) is 13.8. The van der Waals surface area contributed by atoms with Crippen LogP contribution in [0.25, 0.3) is 0 Å². The number of nitrogens with two attached hydrogens (primary N) is 3. The molecule has 0 aromatic heterocycles. The number of rotatable bonds is 36. The van der Waals surface area contributed by atoms with Gasteiger partial charge >= 0.3 is 8.80 Å². The first kappa shape index (κ1) is 48.7. The molecule has 0 atom stereocenters. The molecule has 0 amide bonds. The number of unbranched alkanes of at least 4 members (excludes halogenated alkanes) is 15. The van der Waals surface area contributed by atoms with Crippen molar-refractivity contribution < 1.29 is 48.4 Å². The van der Waals surface area contributed by atoms with E-state index in [0.29, 0.717) is 6.42 Å². The summed E-state index contributed by atoms with van der Waals surface area (Å²) < 4.78 is 19.2. The van der Waals surface area contributed by atoms with Crippen LogP contribution in [0, 0.1) is 0 Å². The molecule has 12 N–H and O–H groups in total. The van der Waals surface area contributed by atoms with Crippen LogP contribution < -0.4 is 17.2 Å². The van der Waals surface area contributed by atoms with Crippen LogP contribution >= 0.6 is 0 Å². The predicted octanol–water partition coefficient (Wildman–Crippen LogP) is 1.75. The van der Waals surface area contributed by atoms with E-state index in [1.54, 1.807) is 0 Å². The second-order valence-electron chi connectivity index (χ2n) is 15.4. The van der Waals surface area contributed by atoms with E-state index >= 15 is 0 Å². The van der Waals surface area contributed by atoms with E-state index in [-0.39, 0.29) is 25.9 Å². The van der Waals surface area contributed by atoms with Crippen LogP contribution in [0.5, 0.6) is 0 Å². The maximum Gasteiger partial charge on any atom is 0.501 e. The standard InChI is InChI=1S/C35H79N4O9Si/c1-4-5-6-7-8-9-10-11-12-13-14-15-16-17-18-19-21-39(2,3)22-20-23-49(46-30-33(36,24-40)25-41,47-31-34(37,26-42)27-43)48-32-35(38,28-44)29-45/h40-45H,4-32,36-38H2,1-3H3/q+1. The minimum absolute atomic E-state index is 0.264. The molecule has 0 aromatic rings. The molecule has 0 aliphatic rings. The highest BCUT2D eigenvalue weighted by Gasteiger charge is 2.47. The SMILES string of the molecule is CCCCCCCCCCCCCCCCCC[N+](C)(C)CCC[Si](OCC(N)(CO)CO)(OCC(N)(CO)CO)OCC(N)(CO)CO. The first-order valence-corrected chi connectivity index (χ1v) is 20.9. The normalized spacial score (nSPS) is 13.5. The maximum absolute atomic E-state index is 9.77. The lowest BCUT2D eigenvalue weighted by molar-refractivity contribution is -0.890. The summed E-state index contributed by atoms with van der Waals surface area (Å²) in [6.45, 7) is -0.365. The van der Waals surface area contributed by atoms with Crippen LogP contribution in [0.2, 0.25) is 6.04 Å². The van der Waals surface area contributed by atoms with Crippen molar-refractivity contribution in [3.63, 3.8) is 0 Å². The van der Waals surface area contributed by atoms with E-state index in [1.165, 1.54) is 96.3 Å². The molecule has 0 unspecified atom stereocenters. The fourth-order valence-corrected chi connectivity index (χ4v) is 8.25. The van der Waals surface area contributed by atoms with E-state index in [9.17, 15) is 30.6 Å². The van der Waals surface area contributed by atoms with Gasteiger partial charge in [-0.15, -0.1) is 0 Å². The number of hydrogen-bond acceptors (Lipinski definition) is 12. The van der Waals surface area contributed by atoms with Crippen molar-refractivity contribution in [2.24, 2.45) is 17.2 Å². The smallest absolute Gasteiger partial charge is 0.394 e. The van der Waals surface area contributed by atoms with Crippen LogP contribution in [0.4, 0.5) is 0 Å². The van der Waals surface area contributed by atoms with Crippen molar-refractivity contribution in [2.45, 2.75) is 139 Å². The zero-order valence-electron chi connectivity index (χ0n) is 31.6. The second-order valence-corrected chi connectivity index (χ2v) is 18.1. The number of aliphatic hydroxyl groups excluding tert-OH is 6. The van der Waals surface area contributed by atoms with Crippen molar-refractivity contribution in [1.82, 2.24) is 0 Å². The van der Waals surface area contributed by atoms with Gasteiger partial charge in [0.1, 0.15) is 0 Å². The Balaban J connectivity index is 4.95. The lowest BCUT2D eigenvalue weighted by Gasteiger charge is -2.38. The van der Waals surface area contributed by atoms with Crippen molar-refractivity contribution in [2.75, 3.05) is 86.6 Å². The molecule has 296 valence electrons. The molecule has 0 bridgehead atoms. The highest BCUT2D eigenvalue weighted by atomic mass is 28.4. The third-order valence-corrected chi connectivity index (χ3v) is 12.2. The van der Waals surface area contributed by atoms with Crippen LogP contribution in [0.1, 0.15) is 116 Å². The summed E-state index contributed by atoms with van der Waals surface area (Å²) >= 11 is 0. The second kappa shape index (κ2) is 27.3. The Kier molecular flexibility index (Phi) is 27.2. The minimum atomic E-state index is -3.82. The average Bonchev–Trinajstić information content (AvgIpc) is 3.11. The fourth-order valence-electron chi connectivity index (χ4n) is 5.45. The van der Waals surface area contributed by atoms with E-state index in [1.807, 2.05) is 0 Å². The van der Waals surface area contributed by atoms with Crippen molar-refractivity contribution in [3.8, 4) is 0 Å². The van der Waals surface area contributed by atoms with Crippen LogP contribution in [-0.4, -0.2) is 147 Å². The molecule has 0 radical (unpaired) electrons. The molecule has 0 aliphatic carbocycles. The van der Waals surface area contributed by atoms with E-state index in [0.717, 1.165) is 24.0 Å². The molecule has 0 saturated heterocycles. The largest absolute Gasteiger partial charge is 0.501 e. The zero-order valence-corrected chi connectivity index (χ0v) is 32.6. The van der Waals surface area contributed by atoms with Crippen molar-refractivity contribution >= 4 is 8.80 Å². The Morgan fingerprint density at radius 1 is 0.449 bits per heavy atom. The van der Waals surface area contributed by atoms with Gasteiger partial charge in [0, 0.05) is 12.5 Å². The Morgan fingerprint density at radius 3 is 1.00 bits per heavy atom. The Labute approximate surface area is 299 Å². The molecule has 0 saturated carbocycles. The van der Waals surface area contributed by atoms with Gasteiger partial charge in [-0.1, -0.05) is 96.8 Å². The molecule has 0 rings (SSSR count). The maximum atomic E-state index is 9.77. The molecule has 0 aliphatic heterocycles. The molecule has 0 spiro atoms. The topological polar surface area (TPSA) is 227 Å². The number of nitrogens with zero attached hydrogens (tertiary/aromatic N) is 1. The third kappa shape index (κ3) is 23.1. The van der Waals surface area contributed by atoms with Gasteiger partial charge in [0.15, 0.2) is 0 Å². The predicted molar refractivity (Wildman–Crippen MR) is 198 cm³/mol. The van der Waals surface area contributed by atoms with E-state index < -0.39 is 65.1 Å². The van der Waals surface area contributed by atoms with Gasteiger partial charge in [-0.3, -0.25) is 0 Å².